The van der Waals surface area contributed by atoms with Crippen molar-refractivity contribution in [3.05, 3.63) is 113 Å². The zero-order chi connectivity index (χ0) is 36.6. The van der Waals surface area contributed by atoms with Crippen LogP contribution in [0.4, 0.5) is 8.78 Å². The first kappa shape index (κ1) is 35.1. The van der Waals surface area contributed by atoms with E-state index in [2.05, 4.69) is 37.9 Å². The number of carbonyl (C=O) groups excluding carboxylic acids is 1. The maximum Gasteiger partial charge on any atom is 0.306 e. The largest absolute Gasteiger partial charge is 0.466 e. The highest BCUT2D eigenvalue weighted by atomic mass is 19.1. The average molecular weight is 707 g/mol. The average Bonchev–Trinajstić information content (AvgIpc) is 3.89. The zero-order valence-electron chi connectivity index (χ0n) is 30.3. The summed E-state index contributed by atoms with van der Waals surface area (Å²) in [6, 6.07) is 15.8. The molecule has 52 heavy (non-hydrogen) atoms. The number of nitrogens with one attached hydrogen (secondary N) is 1. The van der Waals surface area contributed by atoms with Gasteiger partial charge in [-0.1, -0.05) is 51.0 Å². The van der Waals surface area contributed by atoms with Gasteiger partial charge in [0.15, 0.2) is 23.2 Å². The van der Waals surface area contributed by atoms with E-state index in [1.807, 2.05) is 35.3 Å². The number of halogens is 2. The van der Waals surface area contributed by atoms with Crippen molar-refractivity contribution in [1.82, 2.24) is 29.5 Å². The van der Waals surface area contributed by atoms with Crippen LogP contribution in [-0.2, 0) is 40.4 Å². The molecule has 0 saturated heterocycles. The Balaban J connectivity index is 1.34. The molecule has 1 aliphatic heterocycles. The third-order valence-electron chi connectivity index (χ3n) is 10.5. The fourth-order valence-corrected chi connectivity index (χ4v) is 7.29. The van der Waals surface area contributed by atoms with Crippen LogP contribution in [0.1, 0.15) is 87.9 Å². The molecule has 1 unspecified atom stereocenters. The first-order valence-corrected chi connectivity index (χ1v) is 17.9. The van der Waals surface area contributed by atoms with Crippen molar-refractivity contribution in [3.63, 3.8) is 0 Å². The topological polar surface area (TPSA) is 99.8 Å². The number of hydrogen-bond donors (Lipinski definition) is 1. The maximum absolute atomic E-state index is 15.9. The molecule has 1 aliphatic rings. The van der Waals surface area contributed by atoms with Crippen molar-refractivity contribution in [1.29, 1.82) is 0 Å². The summed E-state index contributed by atoms with van der Waals surface area (Å²) < 4.78 is 46.4. The van der Waals surface area contributed by atoms with Crippen LogP contribution in [0.5, 0.6) is 11.5 Å². The predicted molar refractivity (Wildman–Crippen MR) is 195 cm³/mol. The molecule has 0 saturated carbocycles. The highest BCUT2D eigenvalue weighted by Crippen LogP contribution is 2.40. The Morgan fingerprint density at radius 2 is 1.85 bits per heavy atom. The van der Waals surface area contributed by atoms with E-state index in [0.29, 0.717) is 35.8 Å². The Labute approximate surface area is 302 Å². The quantitative estimate of drug-likeness (QED) is 0.180. The molecular formula is C41H44F2N6O3. The summed E-state index contributed by atoms with van der Waals surface area (Å²) in [5.41, 5.74) is 3.75. The van der Waals surface area contributed by atoms with Crippen LogP contribution in [0.2, 0.25) is 0 Å². The number of carbonyl (C=O) groups is 1. The Kier molecular flexibility index (Phi) is 9.46. The molecule has 270 valence electrons. The van der Waals surface area contributed by atoms with Gasteiger partial charge in [-0.05, 0) is 79.5 Å². The van der Waals surface area contributed by atoms with E-state index in [4.69, 9.17) is 24.7 Å². The first-order chi connectivity index (χ1) is 24.9. The predicted octanol–water partition coefficient (Wildman–Crippen LogP) is 8.93. The molecule has 6 bridgehead atoms. The maximum atomic E-state index is 15.9. The van der Waals surface area contributed by atoms with Crippen LogP contribution >= 0.6 is 0 Å². The molecule has 1 N–H and O–H groups in total. The van der Waals surface area contributed by atoms with E-state index >= 15 is 8.78 Å². The zero-order valence-corrected chi connectivity index (χ0v) is 30.3. The molecule has 3 aromatic heterocycles. The van der Waals surface area contributed by atoms with Crippen LogP contribution in [-0.4, -0.2) is 42.1 Å². The Hall–Kier alpha value is -5.32. The lowest BCUT2D eigenvalue weighted by molar-refractivity contribution is -0.143. The van der Waals surface area contributed by atoms with E-state index in [0.717, 1.165) is 47.8 Å². The SMILES string of the molecule is CCOC(=O)CCc1cccc(C2(C)CCCCC(C)(C)c3cnn(c3)Cc3c(c(F)cc4[nH]ccc34)Oc3ccc(F)c(c3)-c3nc2nn3C)c1. The second-order valence-electron chi connectivity index (χ2n) is 14.6. The molecule has 0 amide bonds. The Morgan fingerprint density at radius 3 is 2.67 bits per heavy atom. The van der Waals surface area contributed by atoms with Gasteiger partial charge in [-0.25, -0.2) is 18.4 Å². The fraction of sp³-hybridized carbons (Fsp3) is 0.366. The van der Waals surface area contributed by atoms with Gasteiger partial charge in [-0.15, -0.1) is 0 Å². The lowest BCUT2D eigenvalue weighted by atomic mass is 9.75. The van der Waals surface area contributed by atoms with Gasteiger partial charge in [0.1, 0.15) is 11.6 Å². The molecule has 0 radical (unpaired) electrons. The summed E-state index contributed by atoms with van der Waals surface area (Å²) in [4.78, 5) is 20.3. The molecule has 1 atom stereocenters. The van der Waals surface area contributed by atoms with Gasteiger partial charge in [0.05, 0.1) is 30.3 Å². The number of aryl methyl sites for hydroxylation is 2. The molecule has 0 aliphatic carbocycles. The van der Waals surface area contributed by atoms with Gasteiger partial charge in [-0.3, -0.25) is 9.48 Å². The van der Waals surface area contributed by atoms with E-state index in [-0.39, 0.29) is 41.4 Å². The minimum atomic E-state index is -0.636. The van der Waals surface area contributed by atoms with Crippen LogP contribution in [0.15, 0.2) is 73.2 Å². The van der Waals surface area contributed by atoms with Gasteiger partial charge in [0.2, 0.25) is 0 Å². The second kappa shape index (κ2) is 14.0. The highest BCUT2D eigenvalue weighted by Gasteiger charge is 2.35. The number of esters is 1. The molecule has 0 fully saturated rings. The first-order valence-electron chi connectivity index (χ1n) is 17.9. The molecule has 3 aromatic carbocycles. The standard InChI is InChI=1S/C41H44F2N6O3/c1-6-51-36(50)15-12-26-10-9-11-27(20-26)41(4)18-8-7-17-40(2,3)28-23-45-49(24-28)25-32-30-16-19-44-35(30)22-34(43)37(32)52-29-13-14-33(42)31(21-29)38-46-39(41)47-48(38)5/h9-11,13-14,16,19-24,44H,6-8,12,15,17-18,25H2,1-5H3. The van der Waals surface area contributed by atoms with Crippen molar-refractivity contribution < 1.29 is 23.0 Å². The minimum Gasteiger partial charge on any atom is -0.466 e. The van der Waals surface area contributed by atoms with E-state index in [1.165, 1.54) is 18.2 Å². The second-order valence-corrected chi connectivity index (χ2v) is 14.6. The number of benzene rings is 3. The third-order valence-corrected chi connectivity index (χ3v) is 10.5. The van der Waals surface area contributed by atoms with Gasteiger partial charge in [-0.2, -0.15) is 10.2 Å². The number of fused-ring (bicyclic) bond motifs is 10. The number of H-pyrrole nitrogens is 1. The number of aromatic amines is 1. The van der Waals surface area contributed by atoms with E-state index in [1.54, 1.807) is 30.9 Å². The van der Waals surface area contributed by atoms with Crippen molar-refractivity contribution in [2.75, 3.05) is 6.61 Å². The molecule has 7 rings (SSSR count). The Bertz CT molecular complexity index is 2250. The summed E-state index contributed by atoms with van der Waals surface area (Å²) in [5, 5.41) is 10.4. The van der Waals surface area contributed by atoms with Crippen molar-refractivity contribution >= 4 is 16.9 Å². The highest BCUT2D eigenvalue weighted by molar-refractivity contribution is 5.85. The van der Waals surface area contributed by atoms with Gasteiger partial charge in [0.25, 0.3) is 0 Å². The summed E-state index contributed by atoms with van der Waals surface area (Å²) >= 11 is 0. The summed E-state index contributed by atoms with van der Waals surface area (Å²) in [6.45, 7) is 8.99. The molecule has 11 heteroatoms. The van der Waals surface area contributed by atoms with E-state index in [9.17, 15) is 4.79 Å². The number of nitrogens with zero attached hydrogens (tertiary/aromatic N) is 5. The van der Waals surface area contributed by atoms with Crippen molar-refractivity contribution in [2.24, 2.45) is 7.05 Å². The summed E-state index contributed by atoms with van der Waals surface area (Å²) in [6.07, 6.45) is 9.97. The number of rotatable bonds is 5. The van der Waals surface area contributed by atoms with Gasteiger partial charge >= 0.3 is 5.97 Å². The van der Waals surface area contributed by atoms with Crippen LogP contribution in [0.25, 0.3) is 22.3 Å². The summed E-state index contributed by atoms with van der Waals surface area (Å²) in [7, 11) is 1.75. The molecular weight excluding hydrogens is 662 g/mol. The smallest absolute Gasteiger partial charge is 0.306 e. The van der Waals surface area contributed by atoms with Crippen LogP contribution in [0.3, 0.4) is 0 Å². The normalized spacial score (nSPS) is 17.4. The molecule has 6 aromatic rings. The van der Waals surface area contributed by atoms with Gasteiger partial charge in [0, 0.05) is 48.4 Å². The number of aromatic nitrogens is 6. The number of ether oxygens (including phenoxy) is 2. The number of hydrogen-bond acceptors (Lipinski definition) is 6. The minimum absolute atomic E-state index is 0.0490. The van der Waals surface area contributed by atoms with Crippen molar-refractivity contribution in [2.45, 2.75) is 83.6 Å². The summed E-state index contributed by atoms with van der Waals surface area (Å²) in [5.74, 6) is -0.0875. The van der Waals surface area contributed by atoms with Crippen LogP contribution in [0, 0.1) is 11.6 Å². The lowest BCUT2D eigenvalue weighted by Gasteiger charge is -2.29. The monoisotopic (exact) mass is 706 g/mol. The van der Waals surface area contributed by atoms with Crippen molar-refractivity contribution in [3.8, 4) is 22.9 Å². The lowest BCUT2D eigenvalue weighted by Crippen LogP contribution is -2.26. The van der Waals surface area contributed by atoms with Gasteiger partial charge < -0.3 is 14.5 Å². The molecule has 4 heterocycles. The molecule has 0 spiro atoms. The molecule has 9 nitrogen and oxygen atoms in total. The van der Waals surface area contributed by atoms with E-state index < -0.39 is 17.0 Å². The fourth-order valence-electron chi connectivity index (χ4n) is 7.29. The van der Waals surface area contributed by atoms with Crippen LogP contribution < -0.4 is 4.74 Å². The third kappa shape index (κ3) is 6.83. The Morgan fingerprint density at radius 1 is 1.02 bits per heavy atom.